The van der Waals surface area contributed by atoms with Crippen LogP contribution in [0.15, 0.2) is 57.9 Å². The highest BCUT2D eigenvalue weighted by atomic mass is 79.9. The van der Waals surface area contributed by atoms with Crippen LogP contribution in [-0.4, -0.2) is 5.76 Å². The van der Waals surface area contributed by atoms with Gasteiger partial charge in [-0.3, -0.25) is 0 Å². The predicted molar refractivity (Wildman–Crippen MR) is 84.5 cm³/mol. The van der Waals surface area contributed by atoms with E-state index in [4.69, 9.17) is 0 Å². The third-order valence-corrected chi connectivity index (χ3v) is 4.16. The highest BCUT2D eigenvalue weighted by molar-refractivity contribution is 9.10. The second-order valence-corrected chi connectivity index (χ2v) is 6.24. The van der Waals surface area contributed by atoms with Gasteiger partial charge in [-0.25, -0.2) is 0 Å². The van der Waals surface area contributed by atoms with Crippen molar-refractivity contribution in [2.45, 2.75) is 23.6 Å². The highest BCUT2D eigenvalue weighted by Gasteiger charge is 2.12. The summed E-state index contributed by atoms with van der Waals surface area (Å²) >= 11 is 3.95. The van der Waals surface area contributed by atoms with Crippen molar-refractivity contribution < 1.29 is 8.78 Å². The van der Waals surface area contributed by atoms with Gasteiger partial charge in [0.25, 0.3) is 5.76 Å². The molecule has 1 nitrogen and oxygen atoms in total. The van der Waals surface area contributed by atoms with Gasteiger partial charge in [0.05, 0.1) is 0 Å². The molecule has 106 valence electrons. The number of anilines is 1. The van der Waals surface area contributed by atoms with E-state index in [0.717, 1.165) is 15.7 Å². The maximum absolute atomic E-state index is 12.5. The number of halogens is 3. The van der Waals surface area contributed by atoms with Crippen LogP contribution in [0.25, 0.3) is 0 Å². The van der Waals surface area contributed by atoms with Crippen molar-refractivity contribution in [2.75, 3.05) is 5.32 Å². The Bertz CT molecular complexity index is 560. The average molecular weight is 358 g/mol. The van der Waals surface area contributed by atoms with Crippen molar-refractivity contribution in [3.05, 3.63) is 58.6 Å². The Kier molecular flexibility index (Phi) is 5.43. The summed E-state index contributed by atoms with van der Waals surface area (Å²) in [5.41, 5.74) is 1.83. The van der Waals surface area contributed by atoms with Gasteiger partial charge in [-0.1, -0.05) is 52.0 Å². The number of thioether (sulfide) groups is 1. The lowest BCUT2D eigenvalue weighted by Gasteiger charge is -2.18. The summed E-state index contributed by atoms with van der Waals surface area (Å²) in [7, 11) is 0. The fraction of sp³-hybridized carbons (Fsp3) is 0.200. The molecule has 0 saturated carbocycles. The maximum Gasteiger partial charge on any atom is 0.288 e. The molecule has 0 fully saturated rings. The van der Waals surface area contributed by atoms with E-state index in [1.807, 2.05) is 43.3 Å². The molecule has 0 aliphatic rings. The van der Waals surface area contributed by atoms with Crippen LogP contribution >= 0.6 is 27.7 Å². The predicted octanol–water partition coefficient (Wildman–Crippen LogP) is 5.94. The number of benzene rings is 2. The number of nitrogens with one attached hydrogen (secondary N) is 1. The minimum atomic E-state index is -2.42. The Hall–Kier alpha value is -1.07. The van der Waals surface area contributed by atoms with E-state index in [-0.39, 0.29) is 6.04 Å². The molecule has 1 unspecified atom stereocenters. The molecule has 0 spiro atoms. The Balaban J connectivity index is 2.15. The first-order chi connectivity index (χ1) is 9.56. The molecule has 2 aromatic rings. The normalized spacial score (nSPS) is 12.4. The molecule has 0 radical (unpaired) electrons. The monoisotopic (exact) mass is 357 g/mol. The SMILES string of the molecule is CC(Nc1ccccc1SC(F)F)c1ccc(Br)cc1. The van der Waals surface area contributed by atoms with E-state index in [9.17, 15) is 8.78 Å². The van der Waals surface area contributed by atoms with Gasteiger partial charge in [0, 0.05) is 21.1 Å². The van der Waals surface area contributed by atoms with E-state index in [2.05, 4.69) is 21.2 Å². The summed E-state index contributed by atoms with van der Waals surface area (Å²) in [6, 6.07) is 15.1. The zero-order valence-electron chi connectivity index (χ0n) is 10.8. The van der Waals surface area contributed by atoms with E-state index in [1.165, 1.54) is 0 Å². The average Bonchev–Trinajstić information content (AvgIpc) is 2.41. The molecular formula is C15H14BrF2NS. The fourth-order valence-electron chi connectivity index (χ4n) is 1.85. The van der Waals surface area contributed by atoms with Crippen LogP contribution in [0, 0.1) is 0 Å². The highest BCUT2D eigenvalue weighted by Crippen LogP contribution is 2.33. The Labute approximate surface area is 129 Å². The van der Waals surface area contributed by atoms with Crippen molar-refractivity contribution in [3.8, 4) is 0 Å². The topological polar surface area (TPSA) is 12.0 Å². The van der Waals surface area contributed by atoms with Gasteiger partial charge in [-0.05, 0) is 36.8 Å². The van der Waals surface area contributed by atoms with Crippen molar-refractivity contribution in [1.29, 1.82) is 0 Å². The van der Waals surface area contributed by atoms with Gasteiger partial charge in [-0.2, -0.15) is 8.78 Å². The molecule has 0 aromatic heterocycles. The van der Waals surface area contributed by atoms with E-state index >= 15 is 0 Å². The summed E-state index contributed by atoms with van der Waals surface area (Å²) in [6.45, 7) is 2.01. The molecule has 0 saturated heterocycles. The van der Waals surface area contributed by atoms with Crippen LogP contribution in [0.4, 0.5) is 14.5 Å². The van der Waals surface area contributed by atoms with Crippen molar-refractivity contribution in [1.82, 2.24) is 0 Å². The fourth-order valence-corrected chi connectivity index (χ4v) is 2.72. The molecule has 0 heterocycles. The lowest BCUT2D eigenvalue weighted by atomic mass is 10.1. The van der Waals surface area contributed by atoms with Crippen LogP contribution in [0.3, 0.4) is 0 Å². The van der Waals surface area contributed by atoms with Gasteiger partial charge in [0.15, 0.2) is 0 Å². The molecule has 5 heteroatoms. The second kappa shape index (κ2) is 7.09. The van der Waals surface area contributed by atoms with E-state index in [1.54, 1.807) is 12.1 Å². The molecule has 2 rings (SSSR count). The smallest absolute Gasteiger partial charge is 0.288 e. The first-order valence-corrected chi connectivity index (χ1v) is 7.79. The van der Waals surface area contributed by atoms with E-state index < -0.39 is 5.76 Å². The standard InChI is InChI=1S/C15H14BrF2NS/c1-10(11-6-8-12(16)9-7-11)19-13-4-2-3-5-14(13)20-15(17)18/h2-10,15,19H,1H3. The van der Waals surface area contributed by atoms with Crippen LogP contribution in [0.5, 0.6) is 0 Å². The van der Waals surface area contributed by atoms with Gasteiger partial charge in [0.1, 0.15) is 0 Å². The zero-order chi connectivity index (χ0) is 14.5. The summed E-state index contributed by atoms with van der Waals surface area (Å²) in [5, 5.41) is 3.28. The minimum absolute atomic E-state index is 0.0440. The number of hydrogen-bond donors (Lipinski definition) is 1. The molecule has 0 aliphatic heterocycles. The van der Waals surface area contributed by atoms with E-state index in [0.29, 0.717) is 16.7 Å². The van der Waals surface area contributed by atoms with Crippen LogP contribution in [0.2, 0.25) is 0 Å². The zero-order valence-corrected chi connectivity index (χ0v) is 13.2. The van der Waals surface area contributed by atoms with Gasteiger partial charge in [-0.15, -0.1) is 0 Å². The summed E-state index contributed by atoms with van der Waals surface area (Å²) in [4.78, 5) is 0.562. The quantitative estimate of drug-likeness (QED) is 0.664. The van der Waals surface area contributed by atoms with Crippen LogP contribution < -0.4 is 5.32 Å². The van der Waals surface area contributed by atoms with Crippen molar-refractivity contribution in [3.63, 3.8) is 0 Å². The van der Waals surface area contributed by atoms with Crippen LogP contribution in [-0.2, 0) is 0 Å². The molecule has 1 N–H and O–H groups in total. The maximum atomic E-state index is 12.5. The largest absolute Gasteiger partial charge is 0.378 e. The minimum Gasteiger partial charge on any atom is -0.378 e. The molecule has 0 bridgehead atoms. The first kappa shape index (κ1) is 15.3. The number of hydrogen-bond acceptors (Lipinski definition) is 2. The third kappa shape index (κ3) is 4.21. The van der Waals surface area contributed by atoms with Gasteiger partial charge < -0.3 is 5.32 Å². The second-order valence-electron chi connectivity index (χ2n) is 4.29. The number of alkyl halides is 2. The molecule has 0 amide bonds. The first-order valence-electron chi connectivity index (χ1n) is 6.12. The molecule has 20 heavy (non-hydrogen) atoms. The lowest BCUT2D eigenvalue weighted by molar-refractivity contribution is 0.252. The third-order valence-electron chi connectivity index (χ3n) is 2.85. The molecular weight excluding hydrogens is 344 g/mol. The van der Waals surface area contributed by atoms with Crippen LogP contribution in [0.1, 0.15) is 18.5 Å². The summed E-state index contributed by atoms with van der Waals surface area (Å²) in [6.07, 6.45) is 0. The van der Waals surface area contributed by atoms with Gasteiger partial charge >= 0.3 is 0 Å². The molecule has 0 aliphatic carbocycles. The van der Waals surface area contributed by atoms with Crippen molar-refractivity contribution >= 4 is 33.4 Å². The Morgan fingerprint density at radius 2 is 1.70 bits per heavy atom. The molecule has 2 aromatic carbocycles. The summed E-state index contributed by atoms with van der Waals surface area (Å²) < 4.78 is 26.1. The molecule has 1 atom stereocenters. The van der Waals surface area contributed by atoms with Crippen molar-refractivity contribution in [2.24, 2.45) is 0 Å². The summed E-state index contributed by atoms with van der Waals surface area (Å²) in [5.74, 6) is -2.42. The number of rotatable bonds is 5. The Morgan fingerprint density at radius 1 is 1.05 bits per heavy atom. The number of para-hydroxylation sites is 1. The van der Waals surface area contributed by atoms with Gasteiger partial charge in [0.2, 0.25) is 0 Å². The lowest BCUT2D eigenvalue weighted by Crippen LogP contribution is -2.07. The Morgan fingerprint density at radius 3 is 2.35 bits per heavy atom.